The van der Waals surface area contributed by atoms with Gasteiger partial charge in [-0.2, -0.15) is 0 Å². The Hall–Kier alpha value is -2.68. The van der Waals surface area contributed by atoms with Crippen molar-refractivity contribution in [3.05, 3.63) is 46.0 Å². The van der Waals surface area contributed by atoms with Crippen molar-refractivity contribution in [2.75, 3.05) is 36.4 Å². The van der Waals surface area contributed by atoms with Gasteiger partial charge in [-0.25, -0.2) is 9.78 Å². The first-order valence-corrected chi connectivity index (χ1v) is 7.97. The molecule has 0 saturated carbocycles. The third-order valence-corrected chi connectivity index (χ3v) is 4.43. The lowest BCUT2D eigenvalue weighted by Gasteiger charge is -2.34. The molecule has 3 rings (SSSR count). The highest BCUT2D eigenvalue weighted by Crippen LogP contribution is 2.24. The molecule has 0 radical (unpaired) electrons. The lowest BCUT2D eigenvalue weighted by atomic mass is 10.2. The second-order valence-corrected chi connectivity index (χ2v) is 5.87. The van der Waals surface area contributed by atoms with Crippen LogP contribution in [0.15, 0.2) is 35.8 Å². The zero-order valence-electron chi connectivity index (χ0n) is 12.2. The predicted octanol–water partition coefficient (Wildman–Crippen LogP) is 2.41. The number of amides is 2. The third kappa shape index (κ3) is 3.39. The van der Waals surface area contributed by atoms with Crippen molar-refractivity contribution in [2.24, 2.45) is 0 Å². The summed E-state index contributed by atoms with van der Waals surface area (Å²) in [4.78, 5) is 30.8. The van der Waals surface area contributed by atoms with Gasteiger partial charge in [0.1, 0.15) is 5.69 Å². The highest BCUT2D eigenvalue weighted by molar-refractivity contribution is 7.13. The van der Waals surface area contributed by atoms with Gasteiger partial charge >= 0.3 is 6.03 Å². The van der Waals surface area contributed by atoms with E-state index in [9.17, 15) is 14.9 Å². The van der Waals surface area contributed by atoms with E-state index >= 15 is 0 Å². The molecular formula is C14H15N5O3S. The van der Waals surface area contributed by atoms with Gasteiger partial charge in [-0.05, 0) is 6.07 Å². The number of benzene rings is 1. The molecule has 120 valence electrons. The van der Waals surface area contributed by atoms with Crippen LogP contribution in [0.4, 0.5) is 21.3 Å². The van der Waals surface area contributed by atoms with Crippen LogP contribution in [0.3, 0.4) is 0 Å². The van der Waals surface area contributed by atoms with Gasteiger partial charge in [0.15, 0.2) is 5.13 Å². The number of nitrogens with zero attached hydrogens (tertiary/aromatic N) is 4. The number of urea groups is 1. The van der Waals surface area contributed by atoms with Crippen LogP contribution in [0.2, 0.25) is 0 Å². The minimum Gasteiger partial charge on any atom is -0.345 e. The number of para-hydroxylation sites is 2. The second-order valence-electron chi connectivity index (χ2n) is 4.99. The maximum atomic E-state index is 12.3. The molecule has 2 amide bonds. The first kappa shape index (κ1) is 15.2. The molecule has 1 fully saturated rings. The minimum atomic E-state index is -0.504. The highest BCUT2D eigenvalue weighted by Gasteiger charge is 2.24. The van der Waals surface area contributed by atoms with Crippen LogP contribution >= 0.6 is 11.3 Å². The number of aromatic nitrogens is 1. The first-order valence-electron chi connectivity index (χ1n) is 7.09. The number of carbonyl (C=O) groups is 1. The van der Waals surface area contributed by atoms with Crippen LogP contribution in [0.5, 0.6) is 0 Å². The molecule has 1 saturated heterocycles. The normalized spacial score (nSPS) is 14.6. The van der Waals surface area contributed by atoms with E-state index in [0.717, 1.165) is 5.13 Å². The summed E-state index contributed by atoms with van der Waals surface area (Å²) in [5.41, 5.74) is 0.104. The van der Waals surface area contributed by atoms with Crippen molar-refractivity contribution >= 4 is 33.9 Å². The maximum absolute atomic E-state index is 12.3. The Labute approximate surface area is 136 Å². The largest absolute Gasteiger partial charge is 0.345 e. The van der Waals surface area contributed by atoms with Gasteiger partial charge < -0.3 is 15.1 Å². The number of carbonyl (C=O) groups excluding carboxylic acids is 1. The predicted molar refractivity (Wildman–Crippen MR) is 88.0 cm³/mol. The van der Waals surface area contributed by atoms with E-state index in [1.165, 1.54) is 12.1 Å². The summed E-state index contributed by atoms with van der Waals surface area (Å²) in [6.45, 7) is 2.48. The average molecular weight is 333 g/mol. The number of thiazole rings is 1. The van der Waals surface area contributed by atoms with Crippen LogP contribution < -0.4 is 10.2 Å². The van der Waals surface area contributed by atoms with Crippen molar-refractivity contribution in [1.82, 2.24) is 9.88 Å². The molecule has 1 aromatic carbocycles. The average Bonchev–Trinajstić information content (AvgIpc) is 3.10. The fourth-order valence-corrected chi connectivity index (χ4v) is 3.10. The second kappa shape index (κ2) is 6.61. The molecule has 2 aromatic rings. The number of nitro groups is 1. The molecule has 9 heteroatoms. The zero-order valence-corrected chi connectivity index (χ0v) is 13.0. The van der Waals surface area contributed by atoms with Gasteiger partial charge in [-0.1, -0.05) is 12.1 Å². The SMILES string of the molecule is O=C(Nc1ccccc1[N+](=O)[O-])N1CCN(c2nccs2)CC1. The third-order valence-electron chi connectivity index (χ3n) is 3.60. The molecule has 2 heterocycles. The van der Waals surface area contributed by atoms with E-state index in [-0.39, 0.29) is 17.4 Å². The molecule has 0 spiro atoms. The monoisotopic (exact) mass is 333 g/mol. The number of nitrogens with one attached hydrogen (secondary N) is 1. The van der Waals surface area contributed by atoms with Crippen LogP contribution in [-0.4, -0.2) is 47.0 Å². The fourth-order valence-electron chi connectivity index (χ4n) is 2.41. The van der Waals surface area contributed by atoms with Crippen LogP contribution in [0, 0.1) is 10.1 Å². The Morgan fingerprint density at radius 1 is 1.26 bits per heavy atom. The van der Waals surface area contributed by atoms with E-state index in [1.807, 2.05) is 5.38 Å². The Balaban J connectivity index is 1.61. The summed E-state index contributed by atoms with van der Waals surface area (Å²) < 4.78 is 0. The number of hydrogen-bond donors (Lipinski definition) is 1. The Morgan fingerprint density at radius 2 is 2.00 bits per heavy atom. The van der Waals surface area contributed by atoms with Gasteiger partial charge in [0.2, 0.25) is 0 Å². The number of anilines is 2. The van der Waals surface area contributed by atoms with Crippen LogP contribution in [-0.2, 0) is 0 Å². The topological polar surface area (TPSA) is 91.6 Å². The summed E-state index contributed by atoms with van der Waals surface area (Å²) in [7, 11) is 0. The van der Waals surface area contributed by atoms with Crippen LogP contribution in [0.1, 0.15) is 0 Å². The van der Waals surface area contributed by atoms with Crippen molar-refractivity contribution in [3.8, 4) is 0 Å². The smallest absolute Gasteiger partial charge is 0.322 e. The van der Waals surface area contributed by atoms with E-state index in [4.69, 9.17) is 0 Å². The van der Waals surface area contributed by atoms with Crippen molar-refractivity contribution in [3.63, 3.8) is 0 Å². The molecule has 1 aliphatic rings. The number of piperazine rings is 1. The summed E-state index contributed by atoms with van der Waals surface area (Å²) in [5, 5.41) is 16.5. The summed E-state index contributed by atoms with van der Waals surface area (Å²) >= 11 is 1.57. The molecule has 23 heavy (non-hydrogen) atoms. The number of rotatable bonds is 3. The lowest BCUT2D eigenvalue weighted by Crippen LogP contribution is -2.50. The van der Waals surface area contributed by atoms with E-state index in [2.05, 4.69) is 15.2 Å². The van der Waals surface area contributed by atoms with Gasteiger partial charge in [0, 0.05) is 43.8 Å². The standard InChI is InChI=1S/C14H15N5O3S/c20-13(16-11-3-1-2-4-12(11)19(21)22)17-6-8-18(9-7-17)14-15-5-10-23-14/h1-5,10H,6-9H2,(H,16,20). The maximum Gasteiger partial charge on any atom is 0.322 e. The number of nitro benzene ring substituents is 1. The van der Waals surface area contributed by atoms with Crippen molar-refractivity contribution in [2.45, 2.75) is 0 Å². The Morgan fingerprint density at radius 3 is 2.65 bits per heavy atom. The Bertz CT molecular complexity index is 698. The summed E-state index contributed by atoms with van der Waals surface area (Å²) in [5.74, 6) is 0. The molecule has 1 aliphatic heterocycles. The summed E-state index contributed by atoms with van der Waals surface area (Å²) in [6, 6.07) is 5.81. The molecule has 1 aromatic heterocycles. The first-order chi connectivity index (χ1) is 11.1. The summed E-state index contributed by atoms with van der Waals surface area (Å²) in [6.07, 6.45) is 1.76. The van der Waals surface area contributed by atoms with E-state index in [0.29, 0.717) is 26.2 Å². The van der Waals surface area contributed by atoms with Crippen molar-refractivity contribution in [1.29, 1.82) is 0 Å². The molecule has 0 aliphatic carbocycles. The lowest BCUT2D eigenvalue weighted by molar-refractivity contribution is -0.383. The van der Waals surface area contributed by atoms with Crippen molar-refractivity contribution < 1.29 is 9.72 Å². The van der Waals surface area contributed by atoms with Gasteiger partial charge in [-0.3, -0.25) is 10.1 Å². The quantitative estimate of drug-likeness (QED) is 0.688. The molecule has 0 unspecified atom stereocenters. The highest BCUT2D eigenvalue weighted by atomic mass is 32.1. The molecule has 0 bridgehead atoms. The molecular weight excluding hydrogens is 318 g/mol. The zero-order chi connectivity index (χ0) is 16.2. The van der Waals surface area contributed by atoms with E-state index < -0.39 is 4.92 Å². The van der Waals surface area contributed by atoms with E-state index in [1.54, 1.807) is 34.6 Å². The number of hydrogen-bond acceptors (Lipinski definition) is 6. The van der Waals surface area contributed by atoms with Gasteiger partial charge in [0.05, 0.1) is 4.92 Å². The van der Waals surface area contributed by atoms with Gasteiger partial charge in [0.25, 0.3) is 5.69 Å². The molecule has 8 nitrogen and oxygen atoms in total. The van der Waals surface area contributed by atoms with Gasteiger partial charge in [-0.15, -0.1) is 11.3 Å². The minimum absolute atomic E-state index is 0.109. The molecule has 1 N–H and O–H groups in total. The van der Waals surface area contributed by atoms with Crippen LogP contribution in [0.25, 0.3) is 0 Å². The molecule has 0 atom stereocenters. The fraction of sp³-hybridized carbons (Fsp3) is 0.286. The Kier molecular flexibility index (Phi) is 4.38.